The number of carbonyl (C=O) groups is 1. The molecule has 1 saturated heterocycles. The highest BCUT2D eigenvalue weighted by Crippen LogP contribution is 2.31. The van der Waals surface area contributed by atoms with E-state index in [1.165, 1.54) is 5.56 Å². The molecule has 2 N–H and O–H groups in total. The Hall–Kier alpha value is -3.85. The van der Waals surface area contributed by atoms with Crippen molar-refractivity contribution in [3.8, 4) is 0 Å². The number of amides is 1. The lowest BCUT2D eigenvalue weighted by molar-refractivity contribution is 0.0460. The number of aromatic amines is 1. The highest BCUT2D eigenvalue weighted by molar-refractivity contribution is 5.97. The fourth-order valence-electron chi connectivity index (χ4n) is 5.07. The Labute approximate surface area is 197 Å². The first-order valence-electron chi connectivity index (χ1n) is 11.7. The van der Waals surface area contributed by atoms with E-state index in [-0.39, 0.29) is 11.9 Å². The maximum atomic E-state index is 13.2. The minimum Gasteiger partial charge on any atom is -0.336 e. The number of nitrogens with zero attached hydrogens (tertiary/aromatic N) is 6. The largest absolute Gasteiger partial charge is 0.336 e. The second kappa shape index (κ2) is 8.49. The van der Waals surface area contributed by atoms with Crippen LogP contribution in [0.1, 0.15) is 41.4 Å². The van der Waals surface area contributed by atoms with Gasteiger partial charge in [-0.25, -0.2) is 9.97 Å². The SMILES string of the molecule is C[C@@H]1C[C@H](N2Cc3cnc(Nc4ccccc4)nc3C2)CCN1C(=O)c1ccc2[nH]nnc2c1. The first-order chi connectivity index (χ1) is 16.6. The summed E-state index contributed by atoms with van der Waals surface area (Å²) in [5.74, 6) is 0.688. The zero-order valence-corrected chi connectivity index (χ0v) is 19.0. The van der Waals surface area contributed by atoms with Gasteiger partial charge in [0.25, 0.3) is 5.91 Å². The number of piperidine rings is 1. The summed E-state index contributed by atoms with van der Waals surface area (Å²) in [5.41, 5.74) is 5.46. The van der Waals surface area contributed by atoms with E-state index in [0.717, 1.165) is 49.4 Å². The number of aromatic nitrogens is 5. The molecule has 172 valence electrons. The molecule has 0 saturated carbocycles. The van der Waals surface area contributed by atoms with Crippen LogP contribution in [0.2, 0.25) is 0 Å². The van der Waals surface area contributed by atoms with Crippen molar-refractivity contribution in [2.45, 2.75) is 44.9 Å². The number of benzene rings is 2. The summed E-state index contributed by atoms with van der Waals surface area (Å²) < 4.78 is 0. The van der Waals surface area contributed by atoms with Crippen molar-refractivity contribution >= 4 is 28.6 Å². The van der Waals surface area contributed by atoms with Gasteiger partial charge in [0.1, 0.15) is 5.52 Å². The number of para-hydroxylation sites is 1. The number of nitrogens with one attached hydrogen (secondary N) is 2. The molecule has 2 aromatic carbocycles. The number of likely N-dealkylation sites (tertiary alicyclic amines) is 1. The van der Waals surface area contributed by atoms with Crippen molar-refractivity contribution in [2.75, 3.05) is 11.9 Å². The Morgan fingerprint density at radius 1 is 1.15 bits per heavy atom. The lowest BCUT2D eigenvalue weighted by Gasteiger charge is -2.41. The van der Waals surface area contributed by atoms with Gasteiger partial charge in [0.05, 0.1) is 11.2 Å². The quantitative estimate of drug-likeness (QED) is 0.486. The van der Waals surface area contributed by atoms with Crippen molar-refractivity contribution in [3.05, 3.63) is 71.5 Å². The van der Waals surface area contributed by atoms with E-state index in [1.807, 2.05) is 59.6 Å². The number of fused-ring (bicyclic) bond motifs is 2. The van der Waals surface area contributed by atoms with E-state index in [2.05, 4.69) is 37.5 Å². The van der Waals surface area contributed by atoms with Gasteiger partial charge in [0.2, 0.25) is 5.95 Å². The third-order valence-corrected chi connectivity index (χ3v) is 6.91. The van der Waals surface area contributed by atoms with Gasteiger partial charge < -0.3 is 10.2 Å². The van der Waals surface area contributed by atoms with E-state index < -0.39 is 0 Å². The number of hydrogen-bond donors (Lipinski definition) is 2. The van der Waals surface area contributed by atoms with Crippen molar-refractivity contribution in [1.29, 1.82) is 0 Å². The smallest absolute Gasteiger partial charge is 0.254 e. The first-order valence-corrected chi connectivity index (χ1v) is 11.7. The minimum atomic E-state index is 0.0584. The van der Waals surface area contributed by atoms with Crippen molar-refractivity contribution in [1.82, 2.24) is 35.2 Å². The van der Waals surface area contributed by atoms with Crippen LogP contribution >= 0.6 is 0 Å². The lowest BCUT2D eigenvalue weighted by Crippen LogP contribution is -2.50. The van der Waals surface area contributed by atoms with Gasteiger partial charge in [-0.05, 0) is 50.1 Å². The molecule has 6 rings (SSSR count). The molecule has 0 bridgehead atoms. The fourth-order valence-corrected chi connectivity index (χ4v) is 5.07. The first kappa shape index (κ1) is 20.7. The molecular formula is C25H26N8O. The summed E-state index contributed by atoms with van der Waals surface area (Å²) in [6.45, 7) is 4.55. The Bertz CT molecular complexity index is 1340. The van der Waals surface area contributed by atoms with Crippen molar-refractivity contribution < 1.29 is 4.79 Å². The number of hydrogen-bond acceptors (Lipinski definition) is 7. The van der Waals surface area contributed by atoms with Gasteiger partial charge in [-0.15, -0.1) is 5.10 Å². The predicted octanol–water partition coefficient (Wildman–Crippen LogP) is 3.50. The summed E-state index contributed by atoms with van der Waals surface area (Å²) in [4.78, 5) is 27.0. The second-order valence-corrected chi connectivity index (χ2v) is 9.13. The number of carbonyl (C=O) groups excluding carboxylic acids is 1. The molecule has 4 aromatic rings. The van der Waals surface area contributed by atoms with Crippen LogP contribution in [0.25, 0.3) is 11.0 Å². The van der Waals surface area contributed by atoms with Gasteiger partial charge in [-0.1, -0.05) is 23.4 Å². The summed E-state index contributed by atoms with van der Waals surface area (Å²) in [5, 5.41) is 14.0. The van der Waals surface area contributed by atoms with Gasteiger partial charge >= 0.3 is 0 Å². The van der Waals surface area contributed by atoms with Crippen LogP contribution in [0.5, 0.6) is 0 Å². The zero-order chi connectivity index (χ0) is 23.1. The predicted molar refractivity (Wildman–Crippen MR) is 128 cm³/mol. The molecule has 34 heavy (non-hydrogen) atoms. The van der Waals surface area contributed by atoms with Crippen LogP contribution in [-0.2, 0) is 13.1 Å². The highest BCUT2D eigenvalue weighted by atomic mass is 16.2. The molecule has 1 amide bonds. The van der Waals surface area contributed by atoms with Crippen LogP contribution in [0, 0.1) is 0 Å². The van der Waals surface area contributed by atoms with Crippen molar-refractivity contribution in [2.24, 2.45) is 0 Å². The molecule has 2 atom stereocenters. The molecule has 4 heterocycles. The summed E-state index contributed by atoms with van der Waals surface area (Å²) in [6, 6.07) is 16.1. The molecule has 0 unspecified atom stereocenters. The van der Waals surface area contributed by atoms with Crippen LogP contribution in [0.4, 0.5) is 11.6 Å². The standard InChI is InChI=1S/C25H26N8O/c1-16-11-20(9-10-33(16)24(34)17-7-8-21-22(12-17)30-31-29-21)32-14-18-13-26-25(28-23(18)15-32)27-19-5-3-2-4-6-19/h2-8,12-13,16,20H,9-11,14-15H2,1H3,(H,26,27,28)(H,29,30,31)/t16-,20-/m1/s1. The van der Waals surface area contributed by atoms with Crippen LogP contribution in [-0.4, -0.2) is 59.7 Å². The number of H-pyrrole nitrogens is 1. The molecule has 2 aliphatic heterocycles. The second-order valence-electron chi connectivity index (χ2n) is 9.13. The van der Waals surface area contributed by atoms with Crippen LogP contribution in [0.15, 0.2) is 54.7 Å². The minimum absolute atomic E-state index is 0.0584. The third-order valence-electron chi connectivity index (χ3n) is 6.91. The topological polar surface area (TPSA) is 103 Å². The molecule has 0 spiro atoms. The van der Waals surface area contributed by atoms with Gasteiger partial charge in [0, 0.05) is 54.7 Å². The normalized spacial score (nSPS) is 20.4. The number of rotatable bonds is 4. The average Bonchev–Trinajstić information content (AvgIpc) is 3.50. The van der Waals surface area contributed by atoms with Crippen LogP contribution < -0.4 is 5.32 Å². The molecule has 9 heteroatoms. The Morgan fingerprint density at radius 2 is 2.03 bits per heavy atom. The monoisotopic (exact) mass is 454 g/mol. The maximum absolute atomic E-state index is 13.2. The molecule has 2 aliphatic rings. The van der Waals surface area contributed by atoms with Gasteiger partial charge in [0.15, 0.2) is 0 Å². The molecular weight excluding hydrogens is 428 g/mol. The van der Waals surface area contributed by atoms with Gasteiger partial charge in [-0.2, -0.15) is 0 Å². The lowest BCUT2D eigenvalue weighted by atomic mass is 9.96. The summed E-state index contributed by atoms with van der Waals surface area (Å²) >= 11 is 0. The summed E-state index contributed by atoms with van der Waals surface area (Å²) in [6.07, 6.45) is 3.82. The van der Waals surface area contributed by atoms with E-state index in [0.29, 0.717) is 23.1 Å². The number of anilines is 2. The Morgan fingerprint density at radius 3 is 2.88 bits per heavy atom. The van der Waals surface area contributed by atoms with E-state index in [1.54, 1.807) is 0 Å². The molecule has 0 radical (unpaired) electrons. The molecule has 0 aliphatic carbocycles. The fraction of sp³-hybridized carbons (Fsp3) is 0.320. The molecule has 1 fully saturated rings. The summed E-state index contributed by atoms with van der Waals surface area (Å²) in [7, 11) is 0. The maximum Gasteiger partial charge on any atom is 0.254 e. The zero-order valence-electron chi connectivity index (χ0n) is 19.0. The molecule has 9 nitrogen and oxygen atoms in total. The van der Waals surface area contributed by atoms with E-state index in [4.69, 9.17) is 4.98 Å². The average molecular weight is 455 g/mol. The third kappa shape index (κ3) is 3.88. The Kier molecular flexibility index (Phi) is 5.18. The van der Waals surface area contributed by atoms with E-state index >= 15 is 0 Å². The highest BCUT2D eigenvalue weighted by Gasteiger charge is 2.35. The van der Waals surface area contributed by atoms with Crippen LogP contribution in [0.3, 0.4) is 0 Å². The van der Waals surface area contributed by atoms with E-state index in [9.17, 15) is 4.79 Å². The van der Waals surface area contributed by atoms with Gasteiger partial charge in [-0.3, -0.25) is 14.8 Å². The Balaban J connectivity index is 1.10. The molecule has 2 aromatic heterocycles. The van der Waals surface area contributed by atoms with Crippen molar-refractivity contribution in [3.63, 3.8) is 0 Å².